The Bertz CT molecular complexity index is 1360. The Morgan fingerprint density at radius 1 is 1.15 bits per heavy atom. The second-order valence-corrected chi connectivity index (χ2v) is 7.93. The highest BCUT2D eigenvalue weighted by atomic mass is 79.9. The van der Waals surface area contributed by atoms with Gasteiger partial charge in [0.15, 0.2) is 18.1 Å². The van der Waals surface area contributed by atoms with Gasteiger partial charge in [-0.15, -0.1) is 0 Å². The van der Waals surface area contributed by atoms with Gasteiger partial charge in [-0.3, -0.25) is 9.59 Å². The molecule has 3 rings (SSSR count). The van der Waals surface area contributed by atoms with E-state index < -0.39 is 5.56 Å². The lowest BCUT2D eigenvalue weighted by Gasteiger charge is -2.16. The number of benzene rings is 2. The maximum atomic E-state index is 12.2. The van der Waals surface area contributed by atoms with Gasteiger partial charge in [0, 0.05) is 22.1 Å². The quantitative estimate of drug-likeness (QED) is 0.411. The number of methoxy groups -OCH3 is 1. The van der Waals surface area contributed by atoms with E-state index in [0.717, 1.165) is 5.56 Å². The molecule has 1 aromatic heterocycles. The number of amides is 1. The number of pyridine rings is 1. The number of hydrogen-bond donors (Lipinski definition) is 3. The highest BCUT2D eigenvalue weighted by molar-refractivity contribution is 9.10. The van der Waals surface area contributed by atoms with E-state index in [0.29, 0.717) is 23.0 Å². The minimum atomic E-state index is -0.715. The zero-order chi connectivity index (χ0) is 24.7. The fourth-order valence-corrected chi connectivity index (χ4v) is 3.82. The Kier molecular flexibility index (Phi) is 7.91. The first-order valence-corrected chi connectivity index (χ1v) is 10.9. The van der Waals surface area contributed by atoms with Crippen LogP contribution in [0.2, 0.25) is 0 Å². The standard InChI is InChI=1S/C24H20BrN5O4/c1-33-19-9-15(22-16(11-26)23(28)30-24(32)17(22)12-27)18(25)10-20(19)34-13-21(31)29-8-7-14-5-3-2-4-6-14/h2-6,9-10H,7-8,13H2,1H3,(H,29,31)(H3,28,30,32). The molecule has 3 aromatic rings. The number of anilines is 1. The second-order valence-electron chi connectivity index (χ2n) is 7.07. The number of carbonyl (C=O) groups excluding carboxylic acids is 1. The van der Waals surface area contributed by atoms with Crippen molar-refractivity contribution in [1.29, 1.82) is 10.5 Å². The lowest BCUT2D eigenvalue weighted by molar-refractivity contribution is -0.123. The number of carbonyl (C=O) groups is 1. The van der Waals surface area contributed by atoms with Crippen LogP contribution in [0.4, 0.5) is 5.82 Å². The Balaban J connectivity index is 1.81. The number of H-pyrrole nitrogens is 1. The normalized spacial score (nSPS) is 10.1. The van der Waals surface area contributed by atoms with Gasteiger partial charge >= 0.3 is 0 Å². The number of nitrogens with zero attached hydrogens (tertiary/aromatic N) is 2. The summed E-state index contributed by atoms with van der Waals surface area (Å²) < 4.78 is 11.4. The summed E-state index contributed by atoms with van der Waals surface area (Å²) in [5.41, 5.74) is 6.29. The summed E-state index contributed by atoms with van der Waals surface area (Å²) in [5, 5.41) is 21.8. The van der Waals surface area contributed by atoms with Gasteiger partial charge in [0.1, 0.15) is 29.1 Å². The Morgan fingerprint density at radius 3 is 2.50 bits per heavy atom. The third-order valence-corrected chi connectivity index (χ3v) is 5.58. The first-order valence-electron chi connectivity index (χ1n) is 10.1. The molecule has 1 heterocycles. The van der Waals surface area contributed by atoms with Crippen molar-refractivity contribution >= 4 is 27.7 Å². The molecule has 0 aliphatic heterocycles. The van der Waals surface area contributed by atoms with Crippen LogP contribution in [0.25, 0.3) is 11.1 Å². The first-order chi connectivity index (χ1) is 16.4. The number of halogens is 1. The van der Waals surface area contributed by atoms with Crippen molar-refractivity contribution < 1.29 is 14.3 Å². The van der Waals surface area contributed by atoms with E-state index in [2.05, 4.69) is 26.2 Å². The van der Waals surface area contributed by atoms with Crippen molar-refractivity contribution in [3.63, 3.8) is 0 Å². The van der Waals surface area contributed by atoms with Gasteiger partial charge in [-0.1, -0.05) is 46.3 Å². The zero-order valence-electron chi connectivity index (χ0n) is 18.1. The highest BCUT2D eigenvalue weighted by Gasteiger charge is 2.22. The molecule has 10 heteroatoms. The number of hydrogen-bond acceptors (Lipinski definition) is 7. The number of nitrogens with one attached hydrogen (secondary N) is 2. The molecule has 0 spiro atoms. The third-order valence-electron chi connectivity index (χ3n) is 4.93. The molecule has 9 nitrogen and oxygen atoms in total. The van der Waals surface area contributed by atoms with Gasteiger partial charge in [0.2, 0.25) is 0 Å². The summed E-state index contributed by atoms with van der Waals surface area (Å²) in [4.78, 5) is 26.7. The van der Waals surface area contributed by atoms with Crippen LogP contribution in [0.3, 0.4) is 0 Å². The van der Waals surface area contributed by atoms with Gasteiger partial charge in [0.05, 0.1) is 7.11 Å². The minimum Gasteiger partial charge on any atom is -0.493 e. The molecular formula is C24H20BrN5O4. The van der Waals surface area contributed by atoms with Crippen LogP contribution in [-0.2, 0) is 11.2 Å². The number of rotatable bonds is 8. The van der Waals surface area contributed by atoms with Crippen LogP contribution in [0.5, 0.6) is 11.5 Å². The van der Waals surface area contributed by atoms with Crippen molar-refractivity contribution in [2.45, 2.75) is 6.42 Å². The monoisotopic (exact) mass is 521 g/mol. The summed E-state index contributed by atoms with van der Waals surface area (Å²) in [6.45, 7) is 0.214. The van der Waals surface area contributed by atoms with E-state index in [9.17, 15) is 20.1 Å². The van der Waals surface area contributed by atoms with Gasteiger partial charge in [-0.25, -0.2) is 0 Å². The maximum absolute atomic E-state index is 12.2. The molecular weight excluding hydrogens is 502 g/mol. The average molecular weight is 522 g/mol. The van der Waals surface area contributed by atoms with Crippen LogP contribution in [-0.4, -0.2) is 31.2 Å². The zero-order valence-corrected chi connectivity index (χ0v) is 19.7. The molecule has 0 aliphatic carbocycles. The Labute approximate surface area is 203 Å². The number of nitrogen functional groups attached to an aromatic ring is 1. The van der Waals surface area contributed by atoms with Crippen molar-refractivity contribution in [3.8, 4) is 34.8 Å². The average Bonchev–Trinajstić information content (AvgIpc) is 2.83. The molecule has 0 saturated carbocycles. The van der Waals surface area contributed by atoms with Gasteiger partial charge in [0.25, 0.3) is 11.5 Å². The van der Waals surface area contributed by atoms with Gasteiger partial charge < -0.3 is 25.5 Å². The SMILES string of the molecule is COc1cc(-c2c(C#N)c(N)[nH]c(=O)c2C#N)c(Br)cc1OCC(=O)NCCc1ccccc1. The fraction of sp³-hybridized carbons (Fsp3) is 0.167. The molecule has 34 heavy (non-hydrogen) atoms. The number of ether oxygens (including phenoxy) is 2. The second kappa shape index (κ2) is 11.0. The van der Waals surface area contributed by atoms with Crippen molar-refractivity contribution in [2.75, 3.05) is 26.0 Å². The lowest BCUT2D eigenvalue weighted by Crippen LogP contribution is -2.30. The summed E-state index contributed by atoms with van der Waals surface area (Å²) >= 11 is 3.39. The summed E-state index contributed by atoms with van der Waals surface area (Å²) in [6, 6.07) is 16.5. The summed E-state index contributed by atoms with van der Waals surface area (Å²) in [7, 11) is 1.41. The molecule has 0 saturated heterocycles. The van der Waals surface area contributed by atoms with Crippen LogP contribution in [0.15, 0.2) is 51.7 Å². The van der Waals surface area contributed by atoms with Crippen molar-refractivity contribution in [2.24, 2.45) is 0 Å². The lowest BCUT2D eigenvalue weighted by atomic mass is 9.96. The van der Waals surface area contributed by atoms with Crippen LogP contribution in [0.1, 0.15) is 16.7 Å². The van der Waals surface area contributed by atoms with Crippen molar-refractivity contribution in [1.82, 2.24) is 10.3 Å². The largest absolute Gasteiger partial charge is 0.493 e. The molecule has 4 N–H and O–H groups in total. The van der Waals surface area contributed by atoms with E-state index in [1.807, 2.05) is 42.5 Å². The number of nitriles is 2. The Morgan fingerprint density at radius 2 is 1.85 bits per heavy atom. The van der Waals surface area contributed by atoms with E-state index in [4.69, 9.17) is 15.2 Å². The first kappa shape index (κ1) is 24.4. The number of nitrogens with two attached hydrogens (primary N) is 1. The Hall–Kier alpha value is -4.28. The van der Waals surface area contributed by atoms with Gasteiger partial charge in [-0.2, -0.15) is 10.5 Å². The van der Waals surface area contributed by atoms with Gasteiger partial charge in [-0.05, 0) is 24.1 Å². The van der Waals surface area contributed by atoms with E-state index in [-0.39, 0.29) is 46.5 Å². The number of aromatic nitrogens is 1. The van der Waals surface area contributed by atoms with E-state index >= 15 is 0 Å². The predicted molar refractivity (Wildman–Crippen MR) is 129 cm³/mol. The molecule has 2 aromatic carbocycles. The molecule has 0 radical (unpaired) electrons. The predicted octanol–water partition coefficient (Wildman–Crippen LogP) is 2.88. The molecule has 0 fully saturated rings. The summed E-state index contributed by atoms with van der Waals surface area (Å²) in [5.74, 6) is 0.0343. The van der Waals surface area contributed by atoms with Crippen molar-refractivity contribution in [3.05, 3.63) is 74.0 Å². The smallest absolute Gasteiger partial charge is 0.268 e. The van der Waals surface area contributed by atoms with Crippen LogP contribution in [0, 0.1) is 22.7 Å². The molecule has 0 bridgehead atoms. The van der Waals surface area contributed by atoms with E-state index in [1.165, 1.54) is 19.2 Å². The van der Waals surface area contributed by atoms with Crippen LogP contribution >= 0.6 is 15.9 Å². The number of aromatic amines is 1. The highest BCUT2D eigenvalue weighted by Crippen LogP contribution is 2.41. The molecule has 1 amide bonds. The molecule has 0 aliphatic rings. The fourth-order valence-electron chi connectivity index (χ4n) is 3.30. The third kappa shape index (κ3) is 5.37. The van der Waals surface area contributed by atoms with E-state index in [1.54, 1.807) is 0 Å². The summed E-state index contributed by atoms with van der Waals surface area (Å²) in [6.07, 6.45) is 0.692. The molecule has 172 valence electrons. The topological polar surface area (TPSA) is 154 Å². The maximum Gasteiger partial charge on any atom is 0.268 e. The molecule has 0 atom stereocenters. The molecule has 0 unspecified atom stereocenters. The minimum absolute atomic E-state index is 0.0506. The van der Waals surface area contributed by atoms with Crippen LogP contribution < -0.4 is 26.1 Å².